The molecule has 3 heteroatoms. The Morgan fingerprint density at radius 3 is 2.73 bits per heavy atom. The third-order valence-corrected chi connectivity index (χ3v) is 2.69. The highest BCUT2D eigenvalue weighted by atomic mass is 35.5. The standard InChI is InChI=1S/C12H16ClNO/c1-8(2)10(7-15-4)12-9(3)11(13)5-6-14-12/h5-8H,1-4H3/b10-7+. The predicted octanol–water partition coefficient (Wildman–Crippen LogP) is 3.69. The van der Waals surface area contributed by atoms with Crippen molar-refractivity contribution in [1.29, 1.82) is 0 Å². The van der Waals surface area contributed by atoms with Gasteiger partial charge < -0.3 is 4.74 Å². The molecule has 0 aliphatic rings. The van der Waals surface area contributed by atoms with Crippen LogP contribution in [0, 0.1) is 12.8 Å². The van der Waals surface area contributed by atoms with Crippen LogP contribution in [0.1, 0.15) is 25.1 Å². The van der Waals surface area contributed by atoms with Gasteiger partial charge in [0.1, 0.15) is 0 Å². The number of methoxy groups -OCH3 is 1. The molecular weight excluding hydrogens is 210 g/mol. The number of halogens is 1. The maximum Gasteiger partial charge on any atom is 0.0880 e. The zero-order chi connectivity index (χ0) is 11.4. The third-order valence-electron chi connectivity index (χ3n) is 2.28. The van der Waals surface area contributed by atoms with E-state index in [1.165, 1.54) is 0 Å². The van der Waals surface area contributed by atoms with Crippen molar-refractivity contribution in [3.05, 3.63) is 34.8 Å². The van der Waals surface area contributed by atoms with Crippen LogP contribution in [-0.4, -0.2) is 12.1 Å². The molecule has 1 rings (SSSR count). The van der Waals surface area contributed by atoms with Gasteiger partial charge >= 0.3 is 0 Å². The van der Waals surface area contributed by atoms with Gasteiger partial charge in [-0.05, 0) is 24.5 Å². The lowest BCUT2D eigenvalue weighted by atomic mass is 9.98. The minimum absolute atomic E-state index is 0.356. The van der Waals surface area contributed by atoms with Gasteiger partial charge in [0.25, 0.3) is 0 Å². The number of rotatable bonds is 3. The quantitative estimate of drug-likeness (QED) is 0.732. The summed E-state index contributed by atoms with van der Waals surface area (Å²) in [5.41, 5.74) is 2.98. The molecule has 0 amide bonds. The molecular formula is C12H16ClNO. The van der Waals surface area contributed by atoms with Crippen molar-refractivity contribution in [3.8, 4) is 0 Å². The third kappa shape index (κ3) is 2.72. The van der Waals surface area contributed by atoms with Gasteiger partial charge in [-0.25, -0.2) is 0 Å². The molecule has 0 fully saturated rings. The van der Waals surface area contributed by atoms with Crippen LogP contribution in [-0.2, 0) is 4.74 Å². The maximum atomic E-state index is 6.05. The smallest absolute Gasteiger partial charge is 0.0880 e. The topological polar surface area (TPSA) is 22.1 Å². The summed E-state index contributed by atoms with van der Waals surface area (Å²) in [4.78, 5) is 4.35. The lowest BCUT2D eigenvalue weighted by Crippen LogP contribution is -2.00. The molecule has 0 bridgehead atoms. The number of ether oxygens (including phenoxy) is 1. The molecule has 0 radical (unpaired) electrons. The molecule has 2 nitrogen and oxygen atoms in total. The predicted molar refractivity (Wildman–Crippen MR) is 63.8 cm³/mol. The number of hydrogen-bond acceptors (Lipinski definition) is 2. The molecule has 82 valence electrons. The molecule has 0 aliphatic heterocycles. The van der Waals surface area contributed by atoms with Gasteiger partial charge in [0.05, 0.1) is 19.1 Å². The molecule has 1 heterocycles. The molecule has 0 aromatic carbocycles. The lowest BCUT2D eigenvalue weighted by molar-refractivity contribution is 0.337. The number of allylic oxidation sites excluding steroid dienone is 1. The van der Waals surface area contributed by atoms with Gasteiger partial charge in [0, 0.05) is 16.8 Å². The summed E-state index contributed by atoms with van der Waals surface area (Å²) in [5, 5.41) is 0.739. The minimum Gasteiger partial charge on any atom is -0.504 e. The lowest BCUT2D eigenvalue weighted by Gasteiger charge is -2.13. The van der Waals surface area contributed by atoms with Crippen molar-refractivity contribution in [2.24, 2.45) is 5.92 Å². The average Bonchev–Trinajstić information content (AvgIpc) is 2.19. The Morgan fingerprint density at radius 1 is 1.53 bits per heavy atom. The van der Waals surface area contributed by atoms with E-state index in [1.807, 2.05) is 6.92 Å². The van der Waals surface area contributed by atoms with E-state index in [0.29, 0.717) is 5.92 Å². The Labute approximate surface area is 95.9 Å². The van der Waals surface area contributed by atoms with Gasteiger partial charge in [-0.1, -0.05) is 25.4 Å². The molecule has 0 spiro atoms. The van der Waals surface area contributed by atoms with Crippen LogP contribution in [0.4, 0.5) is 0 Å². The Kier molecular flexibility index (Phi) is 4.15. The van der Waals surface area contributed by atoms with Gasteiger partial charge in [-0.2, -0.15) is 0 Å². The number of pyridine rings is 1. The summed E-state index contributed by atoms with van der Waals surface area (Å²) >= 11 is 6.05. The van der Waals surface area contributed by atoms with E-state index in [4.69, 9.17) is 16.3 Å². The fourth-order valence-corrected chi connectivity index (χ4v) is 1.54. The van der Waals surface area contributed by atoms with Gasteiger partial charge in [-0.15, -0.1) is 0 Å². The highest BCUT2D eigenvalue weighted by Gasteiger charge is 2.12. The SMILES string of the molecule is CO/C=C(/c1nccc(Cl)c1C)C(C)C. The molecule has 0 aliphatic carbocycles. The average molecular weight is 226 g/mol. The first-order valence-corrected chi connectivity index (χ1v) is 5.30. The summed E-state index contributed by atoms with van der Waals surface area (Å²) in [5.74, 6) is 0.356. The van der Waals surface area contributed by atoms with E-state index in [2.05, 4.69) is 18.8 Å². The fourth-order valence-electron chi connectivity index (χ4n) is 1.40. The van der Waals surface area contributed by atoms with Crippen LogP contribution in [0.2, 0.25) is 5.02 Å². The highest BCUT2D eigenvalue weighted by Crippen LogP contribution is 2.27. The molecule has 1 aromatic rings. The Bertz CT molecular complexity index is 372. The van der Waals surface area contributed by atoms with Crippen molar-refractivity contribution < 1.29 is 4.74 Å². The summed E-state index contributed by atoms with van der Waals surface area (Å²) < 4.78 is 5.07. The zero-order valence-electron chi connectivity index (χ0n) is 9.54. The van der Waals surface area contributed by atoms with Gasteiger partial charge in [-0.3, -0.25) is 4.98 Å². The molecule has 1 aromatic heterocycles. The Balaban J connectivity index is 3.24. The first-order chi connectivity index (χ1) is 7.07. The van der Waals surface area contributed by atoms with Crippen molar-refractivity contribution in [1.82, 2.24) is 4.98 Å². The number of nitrogens with zero attached hydrogens (tertiary/aromatic N) is 1. The van der Waals surface area contributed by atoms with Crippen LogP contribution in [0.3, 0.4) is 0 Å². The fraction of sp³-hybridized carbons (Fsp3) is 0.417. The van der Waals surface area contributed by atoms with Crippen molar-refractivity contribution in [2.45, 2.75) is 20.8 Å². The van der Waals surface area contributed by atoms with Crippen molar-refractivity contribution in [2.75, 3.05) is 7.11 Å². The second-order valence-electron chi connectivity index (χ2n) is 3.73. The maximum absolute atomic E-state index is 6.05. The molecule has 0 N–H and O–H groups in total. The molecule has 15 heavy (non-hydrogen) atoms. The van der Waals surface area contributed by atoms with Crippen LogP contribution >= 0.6 is 11.6 Å². The highest BCUT2D eigenvalue weighted by molar-refractivity contribution is 6.31. The van der Waals surface area contributed by atoms with Crippen LogP contribution in [0.25, 0.3) is 5.57 Å². The first-order valence-electron chi connectivity index (χ1n) is 4.92. The summed E-state index contributed by atoms with van der Waals surface area (Å²) in [7, 11) is 1.64. The molecule has 0 saturated carbocycles. The van der Waals surface area contributed by atoms with E-state index in [1.54, 1.807) is 25.6 Å². The molecule has 0 unspecified atom stereocenters. The minimum atomic E-state index is 0.356. The number of aromatic nitrogens is 1. The van der Waals surface area contributed by atoms with Crippen molar-refractivity contribution in [3.63, 3.8) is 0 Å². The Morgan fingerprint density at radius 2 is 2.20 bits per heavy atom. The van der Waals surface area contributed by atoms with Gasteiger partial charge in [0.2, 0.25) is 0 Å². The van der Waals surface area contributed by atoms with Crippen LogP contribution in [0.15, 0.2) is 18.5 Å². The zero-order valence-corrected chi connectivity index (χ0v) is 10.3. The summed E-state index contributed by atoms with van der Waals surface area (Å²) in [6.07, 6.45) is 3.45. The Hall–Kier alpha value is -1.02. The van der Waals surface area contributed by atoms with E-state index in [0.717, 1.165) is 21.9 Å². The number of hydrogen-bond donors (Lipinski definition) is 0. The monoisotopic (exact) mass is 225 g/mol. The summed E-state index contributed by atoms with van der Waals surface area (Å²) in [6, 6.07) is 1.80. The van der Waals surface area contributed by atoms with E-state index >= 15 is 0 Å². The van der Waals surface area contributed by atoms with Crippen molar-refractivity contribution >= 4 is 17.2 Å². The summed E-state index contributed by atoms with van der Waals surface area (Å²) in [6.45, 7) is 6.18. The van der Waals surface area contributed by atoms with Crippen LogP contribution in [0.5, 0.6) is 0 Å². The molecule has 0 atom stereocenters. The second kappa shape index (κ2) is 5.17. The second-order valence-corrected chi connectivity index (χ2v) is 4.14. The largest absolute Gasteiger partial charge is 0.504 e. The molecule has 0 saturated heterocycles. The van der Waals surface area contributed by atoms with E-state index < -0.39 is 0 Å². The van der Waals surface area contributed by atoms with Crippen LogP contribution < -0.4 is 0 Å². The first kappa shape index (κ1) is 12.1. The van der Waals surface area contributed by atoms with Gasteiger partial charge in [0.15, 0.2) is 0 Å². The van der Waals surface area contributed by atoms with E-state index in [-0.39, 0.29) is 0 Å². The normalized spacial score (nSPS) is 12.0. The van der Waals surface area contributed by atoms with E-state index in [9.17, 15) is 0 Å².